The number of hydrogen-bond donors (Lipinski definition) is 1. The fourth-order valence-corrected chi connectivity index (χ4v) is 2.64. The van der Waals surface area contributed by atoms with E-state index in [1.54, 1.807) is 36.4 Å². The molecule has 0 unspecified atom stereocenters. The van der Waals surface area contributed by atoms with Crippen molar-refractivity contribution in [3.63, 3.8) is 0 Å². The number of ether oxygens (including phenoxy) is 2. The average Bonchev–Trinajstić information content (AvgIpc) is 3.17. The molecule has 1 N–H and O–H groups in total. The van der Waals surface area contributed by atoms with Gasteiger partial charge in [0, 0.05) is 4.47 Å². The van der Waals surface area contributed by atoms with Gasteiger partial charge in [0.15, 0.2) is 5.76 Å². The molecular weight excluding hydrogens is 433 g/mol. The van der Waals surface area contributed by atoms with Crippen molar-refractivity contribution in [1.29, 1.82) is 0 Å². The van der Waals surface area contributed by atoms with E-state index in [1.165, 1.54) is 25.3 Å². The summed E-state index contributed by atoms with van der Waals surface area (Å²) in [6, 6.07) is 13.8. The number of carbonyl (C=O) groups is 2. The monoisotopic (exact) mass is 447 g/mol. The SMILES string of the molecule is COC(=O)c1ccc(OCc2ccc(C(=O)Nc3ccc(Br)cc3F)o2)cc1. The van der Waals surface area contributed by atoms with Gasteiger partial charge in [0.05, 0.1) is 18.4 Å². The molecule has 2 aromatic carbocycles. The molecule has 0 saturated carbocycles. The standard InChI is InChI=1S/C20H15BrFNO5/c1-26-20(25)12-2-5-14(6-3-12)27-11-15-7-9-18(28-15)19(24)23-17-8-4-13(21)10-16(17)22/h2-10H,11H2,1H3,(H,23,24). The van der Waals surface area contributed by atoms with E-state index >= 15 is 0 Å². The van der Waals surface area contributed by atoms with Crippen molar-refractivity contribution in [2.24, 2.45) is 0 Å². The molecule has 3 aromatic rings. The Labute approximate surface area is 168 Å². The first kappa shape index (κ1) is 19.6. The highest BCUT2D eigenvalue weighted by Crippen LogP contribution is 2.21. The van der Waals surface area contributed by atoms with Crippen LogP contribution in [-0.4, -0.2) is 19.0 Å². The number of methoxy groups -OCH3 is 1. The first-order valence-electron chi connectivity index (χ1n) is 8.12. The molecular formula is C20H15BrFNO5. The van der Waals surface area contributed by atoms with Crippen LogP contribution in [0.5, 0.6) is 5.75 Å². The van der Waals surface area contributed by atoms with Crippen LogP contribution in [0.1, 0.15) is 26.7 Å². The quantitative estimate of drug-likeness (QED) is 0.549. The van der Waals surface area contributed by atoms with Crippen molar-refractivity contribution in [2.45, 2.75) is 6.61 Å². The zero-order valence-corrected chi connectivity index (χ0v) is 16.3. The van der Waals surface area contributed by atoms with Crippen molar-refractivity contribution in [3.05, 3.63) is 82.0 Å². The second-order valence-electron chi connectivity index (χ2n) is 5.65. The van der Waals surface area contributed by atoms with E-state index in [4.69, 9.17) is 9.15 Å². The third kappa shape index (κ3) is 4.77. The maximum atomic E-state index is 13.8. The Balaban J connectivity index is 1.59. The molecule has 8 heteroatoms. The Bertz CT molecular complexity index is 1000. The number of halogens is 2. The van der Waals surface area contributed by atoms with Gasteiger partial charge in [-0.15, -0.1) is 0 Å². The molecule has 0 radical (unpaired) electrons. The number of anilines is 1. The molecule has 0 atom stereocenters. The summed E-state index contributed by atoms with van der Waals surface area (Å²) in [5.41, 5.74) is 0.458. The van der Waals surface area contributed by atoms with Crippen LogP contribution in [-0.2, 0) is 11.3 Å². The molecule has 0 saturated heterocycles. The zero-order valence-electron chi connectivity index (χ0n) is 14.7. The van der Waals surface area contributed by atoms with Gasteiger partial charge in [-0.05, 0) is 54.6 Å². The lowest BCUT2D eigenvalue weighted by Gasteiger charge is -2.06. The van der Waals surface area contributed by atoms with Crippen LogP contribution in [0.15, 0.2) is 63.5 Å². The second kappa shape index (κ2) is 8.71. The first-order valence-corrected chi connectivity index (χ1v) is 8.92. The van der Waals surface area contributed by atoms with E-state index < -0.39 is 17.7 Å². The van der Waals surface area contributed by atoms with Crippen LogP contribution >= 0.6 is 15.9 Å². The van der Waals surface area contributed by atoms with Gasteiger partial charge in [0.1, 0.15) is 23.9 Å². The lowest BCUT2D eigenvalue weighted by Crippen LogP contribution is -2.12. The lowest BCUT2D eigenvalue weighted by atomic mass is 10.2. The highest BCUT2D eigenvalue weighted by atomic mass is 79.9. The molecule has 1 aromatic heterocycles. The normalized spacial score (nSPS) is 10.4. The Hall–Kier alpha value is -3.13. The Morgan fingerprint density at radius 1 is 1.11 bits per heavy atom. The fourth-order valence-electron chi connectivity index (χ4n) is 2.31. The Morgan fingerprint density at radius 2 is 1.86 bits per heavy atom. The number of esters is 1. The summed E-state index contributed by atoms with van der Waals surface area (Å²) in [7, 11) is 1.31. The summed E-state index contributed by atoms with van der Waals surface area (Å²) in [5, 5.41) is 2.45. The van der Waals surface area contributed by atoms with Crippen molar-refractivity contribution in [1.82, 2.24) is 0 Å². The van der Waals surface area contributed by atoms with E-state index in [-0.39, 0.29) is 18.1 Å². The van der Waals surface area contributed by atoms with E-state index in [2.05, 4.69) is 26.0 Å². The van der Waals surface area contributed by atoms with Crippen LogP contribution in [0, 0.1) is 5.82 Å². The number of rotatable bonds is 6. The molecule has 6 nitrogen and oxygen atoms in total. The summed E-state index contributed by atoms with van der Waals surface area (Å²) in [5.74, 6) is -0.606. The average molecular weight is 448 g/mol. The number of hydrogen-bond acceptors (Lipinski definition) is 5. The Morgan fingerprint density at radius 3 is 2.54 bits per heavy atom. The molecule has 0 fully saturated rings. The summed E-state index contributed by atoms with van der Waals surface area (Å²) in [6.07, 6.45) is 0. The molecule has 0 aliphatic rings. The molecule has 0 spiro atoms. The maximum absolute atomic E-state index is 13.8. The minimum atomic E-state index is -0.574. The predicted octanol–water partition coefficient (Wildman–Crippen LogP) is 4.80. The van der Waals surface area contributed by atoms with E-state index in [0.717, 1.165) is 0 Å². The number of furan rings is 1. The van der Waals surface area contributed by atoms with Crippen LogP contribution in [0.4, 0.5) is 10.1 Å². The summed E-state index contributed by atoms with van der Waals surface area (Å²) >= 11 is 3.15. The number of benzene rings is 2. The molecule has 0 aliphatic heterocycles. The zero-order chi connectivity index (χ0) is 20.1. The first-order chi connectivity index (χ1) is 13.5. The number of amides is 1. The minimum absolute atomic E-state index is 0.0296. The van der Waals surface area contributed by atoms with Crippen molar-refractivity contribution >= 4 is 33.5 Å². The van der Waals surface area contributed by atoms with Gasteiger partial charge in [-0.1, -0.05) is 15.9 Å². The van der Waals surface area contributed by atoms with E-state index in [9.17, 15) is 14.0 Å². The third-order valence-electron chi connectivity index (χ3n) is 3.72. The number of carbonyl (C=O) groups excluding carboxylic acids is 2. The molecule has 0 aliphatic carbocycles. The number of nitrogens with one attached hydrogen (secondary N) is 1. The molecule has 144 valence electrons. The van der Waals surface area contributed by atoms with Crippen LogP contribution in [0.25, 0.3) is 0 Å². The predicted molar refractivity (Wildman–Crippen MR) is 103 cm³/mol. The lowest BCUT2D eigenvalue weighted by molar-refractivity contribution is 0.0600. The molecule has 3 rings (SSSR count). The molecule has 1 heterocycles. The van der Waals surface area contributed by atoms with Gasteiger partial charge in [0.2, 0.25) is 0 Å². The maximum Gasteiger partial charge on any atom is 0.337 e. The van der Waals surface area contributed by atoms with E-state index in [0.29, 0.717) is 21.5 Å². The van der Waals surface area contributed by atoms with Gasteiger partial charge in [0.25, 0.3) is 5.91 Å². The summed E-state index contributed by atoms with van der Waals surface area (Å²) < 4.78 is 30.0. The van der Waals surface area contributed by atoms with Crippen LogP contribution in [0.3, 0.4) is 0 Å². The highest BCUT2D eigenvalue weighted by molar-refractivity contribution is 9.10. The molecule has 0 bridgehead atoms. The second-order valence-corrected chi connectivity index (χ2v) is 6.56. The van der Waals surface area contributed by atoms with Crippen LogP contribution in [0.2, 0.25) is 0 Å². The fraction of sp³-hybridized carbons (Fsp3) is 0.100. The third-order valence-corrected chi connectivity index (χ3v) is 4.21. The van der Waals surface area contributed by atoms with Crippen molar-refractivity contribution < 1.29 is 27.9 Å². The highest BCUT2D eigenvalue weighted by Gasteiger charge is 2.14. The summed E-state index contributed by atoms with van der Waals surface area (Å²) in [4.78, 5) is 23.6. The molecule has 1 amide bonds. The smallest absolute Gasteiger partial charge is 0.337 e. The topological polar surface area (TPSA) is 77.8 Å². The molecule has 28 heavy (non-hydrogen) atoms. The minimum Gasteiger partial charge on any atom is -0.486 e. The van der Waals surface area contributed by atoms with Gasteiger partial charge in [-0.25, -0.2) is 9.18 Å². The van der Waals surface area contributed by atoms with Gasteiger partial charge < -0.3 is 19.2 Å². The van der Waals surface area contributed by atoms with E-state index in [1.807, 2.05) is 0 Å². The largest absolute Gasteiger partial charge is 0.486 e. The van der Waals surface area contributed by atoms with Crippen LogP contribution < -0.4 is 10.1 Å². The summed E-state index contributed by atoms with van der Waals surface area (Å²) in [6.45, 7) is 0.0808. The van der Waals surface area contributed by atoms with Gasteiger partial charge in [-0.2, -0.15) is 0 Å². The van der Waals surface area contributed by atoms with Gasteiger partial charge >= 0.3 is 5.97 Å². The van der Waals surface area contributed by atoms with Crippen molar-refractivity contribution in [2.75, 3.05) is 12.4 Å². The van der Waals surface area contributed by atoms with Crippen molar-refractivity contribution in [3.8, 4) is 5.75 Å². The Kier molecular flexibility index (Phi) is 6.10. The van der Waals surface area contributed by atoms with Gasteiger partial charge in [-0.3, -0.25) is 4.79 Å².